The summed E-state index contributed by atoms with van der Waals surface area (Å²) in [7, 11) is 1.95. The largest absolute Gasteiger partial charge is 0.319 e. The SMILES string of the molecule is CNCC(Cc1cc(Cl)ccc1Cl)c1ccc(Cl)cc1. The third-order valence-corrected chi connectivity index (χ3v) is 4.12. The summed E-state index contributed by atoms with van der Waals surface area (Å²) in [5, 5.41) is 5.44. The first-order valence-corrected chi connectivity index (χ1v) is 7.57. The maximum Gasteiger partial charge on any atom is 0.0439 e. The van der Waals surface area contributed by atoms with Crippen molar-refractivity contribution >= 4 is 34.8 Å². The van der Waals surface area contributed by atoms with E-state index in [0.717, 1.165) is 28.6 Å². The fraction of sp³-hybridized carbons (Fsp3) is 0.250. The monoisotopic (exact) mass is 327 g/mol. The molecular weight excluding hydrogens is 313 g/mol. The molecule has 0 amide bonds. The van der Waals surface area contributed by atoms with Gasteiger partial charge >= 0.3 is 0 Å². The van der Waals surface area contributed by atoms with Crippen LogP contribution in [0.4, 0.5) is 0 Å². The molecule has 2 rings (SSSR count). The summed E-state index contributed by atoms with van der Waals surface area (Å²) in [5.41, 5.74) is 2.30. The summed E-state index contributed by atoms with van der Waals surface area (Å²) in [4.78, 5) is 0. The molecule has 1 N–H and O–H groups in total. The highest BCUT2D eigenvalue weighted by molar-refractivity contribution is 6.33. The highest BCUT2D eigenvalue weighted by Gasteiger charge is 2.14. The minimum Gasteiger partial charge on any atom is -0.319 e. The summed E-state index contributed by atoms with van der Waals surface area (Å²) < 4.78 is 0. The van der Waals surface area contributed by atoms with E-state index in [9.17, 15) is 0 Å². The Hall–Kier alpha value is -0.730. The molecule has 20 heavy (non-hydrogen) atoms. The molecule has 2 aromatic carbocycles. The number of halogens is 3. The van der Waals surface area contributed by atoms with Gasteiger partial charge in [-0.2, -0.15) is 0 Å². The summed E-state index contributed by atoms with van der Waals surface area (Å²) in [6.45, 7) is 0.866. The van der Waals surface area contributed by atoms with Crippen molar-refractivity contribution < 1.29 is 0 Å². The second-order valence-corrected chi connectivity index (χ2v) is 6.03. The van der Waals surface area contributed by atoms with E-state index in [1.807, 2.05) is 37.4 Å². The minimum atomic E-state index is 0.327. The molecule has 0 aliphatic heterocycles. The molecule has 0 saturated carbocycles. The van der Waals surface area contributed by atoms with Crippen LogP contribution < -0.4 is 5.32 Å². The molecule has 0 radical (unpaired) electrons. The lowest BCUT2D eigenvalue weighted by molar-refractivity contribution is 0.626. The normalized spacial score (nSPS) is 12.4. The van der Waals surface area contributed by atoms with Crippen molar-refractivity contribution in [2.24, 2.45) is 0 Å². The Morgan fingerprint density at radius 3 is 2.25 bits per heavy atom. The van der Waals surface area contributed by atoms with Gasteiger partial charge in [0.25, 0.3) is 0 Å². The van der Waals surface area contributed by atoms with Crippen LogP contribution in [-0.4, -0.2) is 13.6 Å². The van der Waals surface area contributed by atoms with Crippen LogP contribution >= 0.6 is 34.8 Å². The molecule has 0 aliphatic carbocycles. The Bertz CT molecular complexity index is 566. The van der Waals surface area contributed by atoms with Gasteiger partial charge in [0.2, 0.25) is 0 Å². The first-order valence-electron chi connectivity index (χ1n) is 6.44. The van der Waals surface area contributed by atoms with Crippen LogP contribution in [0, 0.1) is 0 Å². The second kappa shape index (κ2) is 7.33. The van der Waals surface area contributed by atoms with E-state index < -0.39 is 0 Å². The van der Waals surface area contributed by atoms with Crippen molar-refractivity contribution in [3.8, 4) is 0 Å². The predicted molar refractivity (Wildman–Crippen MR) is 88.3 cm³/mol. The summed E-state index contributed by atoms with van der Waals surface area (Å²) in [6, 6.07) is 13.5. The molecule has 106 valence electrons. The predicted octanol–water partition coefficient (Wildman–Crippen LogP) is 5.19. The van der Waals surface area contributed by atoms with Gasteiger partial charge < -0.3 is 5.32 Å². The number of hydrogen-bond acceptors (Lipinski definition) is 1. The summed E-state index contributed by atoms with van der Waals surface area (Å²) >= 11 is 18.3. The molecule has 0 spiro atoms. The fourth-order valence-electron chi connectivity index (χ4n) is 2.25. The van der Waals surface area contributed by atoms with Gasteiger partial charge in [0.1, 0.15) is 0 Å². The van der Waals surface area contributed by atoms with Crippen LogP contribution in [0.5, 0.6) is 0 Å². The first-order chi connectivity index (χ1) is 9.60. The van der Waals surface area contributed by atoms with E-state index in [1.54, 1.807) is 0 Å². The standard InChI is InChI=1S/C16H16Cl3N/c1-20-10-13(11-2-4-14(17)5-3-11)8-12-9-15(18)6-7-16(12)19/h2-7,9,13,20H,8,10H2,1H3. The zero-order chi connectivity index (χ0) is 14.5. The van der Waals surface area contributed by atoms with Crippen LogP contribution in [0.15, 0.2) is 42.5 Å². The summed E-state index contributed by atoms with van der Waals surface area (Å²) in [6.07, 6.45) is 0.835. The average molecular weight is 329 g/mol. The van der Waals surface area contributed by atoms with Gasteiger partial charge in [-0.3, -0.25) is 0 Å². The maximum absolute atomic E-state index is 6.25. The number of hydrogen-bond donors (Lipinski definition) is 1. The van der Waals surface area contributed by atoms with Crippen LogP contribution in [0.1, 0.15) is 17.0 Å². The molecule has 0 fully saturated rings. The molecule has 1 atom stereocenters. The lowest BCUT2D eigenvalue weighted by Crippen LogP contribution is -2.19. The number of benzene rings is 2. The number of nitrogens with one attached hydrogen (secondary N) is 1. The minimum absolute atomic E-state index is 0.327. The highest BCUT2D eigenvalue weighted by atomic mass is 35.5. The topological polar surface area (TPSA) is 12.0 Å². The lowest BCUT2D eigenvalue weighted by atomic mass is 9.92. The van der Waals surface area contributed by atoms with Gasteiger partial charge in [0.15, 0.2) is 0 Å². The van der Waals surface area contributed by atoms with Crippen molar-refractivity contribution in [2.75, 3.05) is 13.6 Å². The van der Waals surface area contributed by atoms with Crippen LogP contribution in [-0.2, 0) is 6.42 Å². The van der Waals surface area contributed by atoms with Crippen LogP contribution in [0.2, 0.25) is 15.1 Å². The maximum atomic E-state index is 6.25. The van der Waals surface area contributed by atoms with Crippen molar-refractivity contribution in [3.05, 3.63) is 68.7 Å². The van der Waals surface area contributed by atoms with Crippen LogP contribution in [0.3, 0.4) is 0 Å². The van der Waals surface area contributed by atoms with Gasteiger partial charge in [-0.05, 0) is 54.9 Å². The Labute approximate surface area is 134 Å². The van der Waals surface area contributed by atoms with E-state index in [2.05, 4.69) is 17.4 Å². The molecular formula is C16H16Cl3N. The van der Waals surface area contributed by atoms with Crippen molar-refractivity contribution in [1.82, 2.24) is 5.32 Å². The molecule has 0 saturated heterocycles. The van der Waals surface area contributed by atoms with Crippen molar-refractivity contribution in [1.29, 1.82) is 0 Å². The van der Waals surface area contributed by atoms with Gasteiger partial charge in [-0.25, -0.2) is 0 Å². The highest BCUT2D eigenvalue weighted by Crippen LogP contribution is 2.28. The molecule has 0 bridgehead atoms. The Morgan fingerprint density at radius 2 is 1.60 bits per heavy atom. The van der Waals surface area contributed by atoms with Gasteiger partial charge in [0.05, 0.1) is 0 Å². The molecule has 0 heterocycles. The molecule has 1 nitrogen and oxygen atoms in total. The zero-order valence-corrected chi connectivity index (χ0v) is 13.4. The van der Waals surface area contributed by atoms with Gasteiger partial charge in [-0.15, -0.1) is 0 Å². The fourth-order valence-corrected chi connectivity index (χ4v) is 2.77. The number of rotatable bonds is 5. The van der Waals surface area contributed by atoms with Crippen molar-refractivity contribution in [2.45, 2.75) is 12.3 Å². The first kappa shape index (κ1) is 15.7. The zero-order valence-electron chi connectivity index (χ0n) is 11.2. The number of likely N-dealkylation sites (N-methyl/N-ethyl adjacent to an activating group) is 1. The van der Waals surface area contributed by atoms with Gasteiger partial charge in [0, 0.05) is 27.5 Å². The summed E-state index contributed by atoms with van der Waals surface area (Å²) in [5.74, 6) is 0.327. The Morgan fingerprint density at radius 1 is 0.950 bits per heavy atom. The average Bonchev–Trinajstić information content (AvgIpc) is 2.43. The molecule has 0 aliphatic rings. The Kier molecular flexibility index (Phi) is 5.74. The van der Waals surface area contributed by atoms with E-state index in [4.69, 9.17) is 34.8 Å². The molecule has 0 aromatic heterocycles. The Balaban J connectivity index is 2.25. The lowest BCUT2D eigenvalue weighted by Gasteiger charge is -2.18. The van der Waals surface area contributed by atoms with E-state index in [-0.39, 0.29) is 0 Å². The third kappa shape index (κ3) is 4.13. The molecule has 4 heteroatoms. The van der Waals surface area contributed by atoms with E-state index >= 15 is 0 Å². The molecule has 2 aromatic rings. The smallest absolute Gasteiger partial charge is 0.0439 e. The quantitative estimate of drug-likeness (QED) is 0.796. The van der Waals surface area contributed by atoms with Gasteiger partial charge in [-0.1, -0.05) is 46.9 Å². The van der Waals surface area contributed by atoms with Crippen LogP contribution in [0.25, 0.3) is 0 Å². The molecule has 1 unspecified atom stereocenters. The van der Waals surface area contributed by atoms with E-state index in [0.29, 0.717) is 10.9 Å². The third-order valence-electron chi connectivity index (χ3n) is 3.27. The van der Waals surface area contributed by atoms with E-state index in [1.165, 1.54) is 5.56 Å². The van der Waals surface area contributed by atoms with Crippen molar-refractivity contribution in [3.63, 3.8) is 0 Å². The second-order valence-electron chi connectivity index (χ2n) is 4.75.